The Morgan fingerprint density at radius 2 is 1.80 bits per heavy atom. The van der Waals surface area contributed by atoms with Crippen molar-refractivity contribution in [2.45, 2.75) is 26.6 Å². The fraction of sp³-hybridized carbons (Fsp3) is 0.222. The fourth-order valence-electron chi connectivity index (χ4n) is 2.47. The van der Waals surface area contributed by atoms with E-state index in [0.717, 1.165) is 5.39 Å². The number of carbonyl (C=O) groups is 3. The molecular weight excluding hydrogens is 324 g/mol. The number of nitrogens with zero attached hydrogens (tertiary/aromatic N) is 1. The molecule has 128 valence electrons. The van der Waals surface area contributed by atoms with E-state index in [4.69, 9.17) is 9.47 Å². The van der Waals surface area contributed by atoms with Gasteiger partial charge in [0.2, 0.25) is 0 Å². The summed E-state index contributed by atoms with van der Waals surface area (Å²) in [5.74, 6) is -2.67. The summed E-state index contributed by atoms with van der Waals surface area (Å²) in [6.07, 6.45) is 1.17. The molecule has 0 bridgehead atoms. The van der Waals surface area contributed by atoms with E-state index in [0.29, 0.717) is 16.9 Å². The molecule has 0 spiro atoms. The monoisotopic (exact) mass is 340 g/mol. The summed E-state index contributed by atoms with van der Waals surface area (Å²) in [6, 6.07) is 8.76. The van der Waals surface area contributed by atoms with Crippen molar-refractivity contribution in [2.24, 2.45) is 0 Å². The number of fused-ring (bicyclic) bond motifs is 1. The number of pyridine rings is 1. The molecule has 1 N–H and O–H groups in total. The van der Waals surface area contributed by atoms with Crippen molar-refractivity contribution in [3.8, 4) is 0 Å². The first-order chi connectivity index (χ1) is 11.8. The molecule has 2 aromatic rings. The Bertz CT molecular complexity index is 908. The number of Topliss-reactive ketones (excluding diaryl/α,β-unsaturated/α-hetero) is 1. The first kappa shape index (κ1) is 16.6. The van der Waals surface area contributed by atoms with Crippen LogP contribution in [-0.2, 0) is 19.1 Å². The number of cyclic esters (lactones) is 2. The van der Waals surface area contributed by atoms with Gasteiger partial charge in [-0.15, -0.1) is 0 Å². The predicted octanol–water partition coefficient (Wildman–Crippen LogP) is 2.57. The fourth-order valence-corrected chi connectivity index (χ4v) is 2.47. The van der Waals surface area contributed by atoms with Crippen molar-refractivity contribution < 1.29 is 23.9 Å². The Labute approximate surface area is 143 Å². The van der Waals surface area contributed by atoms with Crippen molar-refractivity contribution in [1.29, 1.82) is 0 Å². The van der Waals surface area contributed by atoms with Crippen molar-refractivity contribution in [1.82, 2.24) is 4.98 Å². The Kier molecular flexibility index (Phi) is 4.00. The predicted molar refractivity (Wildman–Crippen MR) is 89.7 cm³/mol. The average Bonchev–Trinajstić information content (AvgIpc) is 2.52. The number of ether oxygens (including phenoxy) is 2. The number of para-hydroxylation sites is 1. The lowest BCUT2D eigenvalue weighted by atomic mass is 10.1. The lowest BCUT2D eigenvalue weighted by Crippen LogP contribution is -2.42. The third-order valence-electron chi connectivity index (χ3n) is 3.58. The van der Waals surface area contributed by atoms with Gasteiger partial charge < -0.3 is 14.8 Å². The summed E-state index contributed by atoms with van der Waals surface area (Å²) in [5.41, 5.74) is 0.825. The molecule has 2 heterocycles. The quantitative estimate of drug-likeness (QED) is 0.397. The second-order valence-electron chi connectivity index (χ2n) is 6.01. The Morgan fingerprint density at radius 3 is 2.44 bits per heavy atom. The van der Waals surface area contributed by atoms with E-state index in [2.05, 4.69) is 10.3 Å². The van der Waals surface area contributed by atoms with Crippen LogP contribution in [0.1, 0.15) is 31.1 Å². The van der Waals surface area contributed by atoms with Crippen LogP contribution < -0.4 is 5.32 Å². The zero-order chi connectivity index (χ0) is 18.2. The van der Waals surface area contributed by atoms with Gasteiger partial charge in [0.1, 0.15) is 5.82 Å². The van der Waals surface area contributed by atoms with Gasteiger partial charge in [0, 0.05) is 31.0 Å². The number of ketones is 1. The van der Waals surface area contributed by atoms with E-state index in [1.807, 2.05) is 6.07 Å². The highest BCUT2D eigenvalue weighted by atomic mass is 16.7. The summed E-state index contributed by atoms with van der Waals surface area (Å²) in [4.78, 5) is 40.1. The lowest BCUT2D eigenvalue weighted by Gasteiger charge is -2.29. The molecule has 0 unspecified atom stereocenters. The van der Waals surface area contributed by atoms with Crippen LogP contribution in [0.2, 0.25) is 0 Å². The SMILES string of the molecule is CC(=O)c1cc(NC=C2C(=O)OC(C)(C)OC2=O)nc2ccccc12. The lowest BCUT2D eigenvalue weighted by molar-refractivity contribution is -0.222. The van der Waals surface area contributed by atoms with Gasteiger partial charge >= 0.3 is 11.9 Å². The van der Waals surface area contributed by atoms with Gasteiger partial charge in [-0.05, 0) is 19.1 Å². The van der Waals surface area contributed by atoms with Gasteiger partial charge in [-0.1, -0.05) is 18.2 Å². The van der Waals surface area contributed by atoms with Crippen LogP contribution in [0.4, 0.5) is 5.82 Å². The van der Waals surface area contributed by atoms with E-state index in [1.165, 1.54) is 27.0 Å². The molecular formula is C18H16N2O5. The molecule has 0 saturated carbocycles. The van der Waals surface area contributed by atoms with Gasteiger partial charge in [-0.3, -0.25) is 4.79 Å². The van der Waals surface area contributed by atoms with E-state index < -0.39 is 17.7 Å². The van der Waals surface area contributed by atoms with Gasteiger partial charge in [0.25, 0.3) is 5.79 Å². The number of hydrogen-bond donors (Lipinski definition) is 1. The van der Waals surface area contributed by atoms with Crippen molar-refractivity contribution in [3.05, 3.63) is 47.7 Å². The maximum Gasteiger partial charge on any atom is 0.350 e. The van der Waals surface area contributed by atoms with Crippen LogP contribution in [0.15, 0.2) is 42.1 Å². The normalized spacial score (nSPS) is 16.2. The summed E-state index contributed by atoms with van der Waals surface area (Å²) < 4.78 is 10.0. The Morgan fingerprint density at radius 1 is 1.16 bits per heavy atom. The molecule has 1 aliphatic rings. The number of hydrogen-bond acceptors (Lipinski definition) is 7. The van der Waals surface area contributed by atoms with Gasteiger partial charge in [0.15, 0.2) is 11.4 Å². The van der Waals surface area contributed by atoms with Gasteiger partial charge in [0.05, 0.1) is 5.52 Å². The summed E-state index contributed by atoms with van der Waals surface area (Å²) in [7, 11) is 0. The minimum atomic E-state index is -1.30. The molecule has 0 amide bonds. The van der Waals surface area contributed by atoms with E-state index in [9.17, 15) is 14.4 Å². The Hall–Kier alpha value is -3.22. The van der Waals surface area contributed by atoms with E-state index in [-0.39, 0.29) is 11.4 Å². The molecule has 1 aromatic carbocycles. The zero-order valence-corrected chi connectivity index (χ0v) is 14.0. The molecule has 3 rings (SSSR count). The highest BCUT2D eigenvalue weighted by Crippen LogP contribution is 2.24. The van der Waals surface area contributed by atoms with Crippen LogP contribution in [0, 0.1) is 0 Å². The topological polar surface area (TPSA) is 94.6 Å². The van der Waals surface area contributed by atoms with Crippen molar-refractivity contribution >= 4 is 34.4 Å². The number of aromatic nitrogens is 1. The molecule has 1 aromatic heterocycles. The molecule has 7 nitrogen and oxygen atoms in total. The molecule has 0 atom stereocenters. The maximum atomic E-state index is 11.9. The zero-order valence-electron chi connectivity index (χ0n) is 14.0. The molecule has 1 fully saturated rings. The molecule has 25 heavy (non-hydrogen) atoms. The summed E-state index contributed by atoms with van der Waals surface area (Å²) in [6.45, 7) is 4.40. The standard InChI is InChI=1S/C18H16N2O5/c1-10(21)12-8-15(20-14-7-5-4-6-11(12)14)19-9-13-16(22)24-18(2,3)25-17(13)23/h4-9H,1-3H3,(H,19,20). The number of rotatable bonds is 3. The van der Waals surface area contributed by atoms with Gasteiger partial charge in [-0.2, -0.15) is 0 Å². The molecule has 7 heteroatoms. The number of anilines is 1. The molecule has 1 aliphatic heterocycles. The summed E-state index contributed by atoms with van der Waals surface area (Å²) in [5, 5.41) is 3.49. The van der Waals surface area contributed by atoms with Crippen LogP contribution in [0.3, 0.4) is 0 Å². The minimum absolute atomic E-state index is 0.118. The largest absolute Gasteiger partial charge is 0.419 e. The highest BCUT2D eigenvalue weighted by molar-refractivity contribution is 6.15. The molecule has 1 saturated heterocycles. The van der Waals surface area contributed by atoms with Crippen LogP contribution in [0.5, 0.6) is 0 Å². The smallest absolute Gasteiger partial charge is 0.350 e. The van der Waals surface area contributed by atoms with Crippen molar-refractivity contribution in [2.75, 3.05) is 5.32 Å². The average molecular weight is 340 g/mol. The molecule has 0 radical (unpaired) electrons. The second kappa shape index (κ2) is 6.01. The van der Waals surface area contributed by atoms with E-state index >= 15 is 0 Å². The third-order valence-corrected chi connectivity index (χ3v) is 3.58. The van der Waals surface area contributed by atoms with Crippen molar-refractivity contribution in [3.63, 3.8) is 0 Å². The first-order valence-electron chi connectivity index (χ1n) is 7.61. The third kappa shape index (κ3) is 3.35. The minimum Gasteiger partial charge on any atom is -0.419 e. The van der Waals surface area contributed by atoms with Crippen LogP contribution >= 0.6 is 0 Å². The number of benzene rings is 1. The maximum absolute atomic E-state index is 11.9. The first-order valence-corrected chi connectivity index (χ1v) is 7.61. The van der Waals surface area contributed by atoms with E-state index in [1.54, 1.807) is 24.3 Å². The van der Waals surface area contributed by atoms with Crippen LogP contribution in [0.25, 0.3) is 10.9 Å². The highest BCUT2D eigenvalue weighted by Gasteiger charge is 2.38. The molecule has 0 aliphatic carbocycles. The van der Waals surface area contributed by atoms with Crippen LogP contribution in [-0.4, -0.2) is 28.5 Å². The number of esters is 2. The second-order valence-corrected chi connectivity index (χ2v) is 6.01. The Balaban J connectivity index is 1.95. The van der Waals surface area contributed by atoms with Gasteiger partial charge in [-0.25, -0.2) is 14.6 Å². The summed E-state index contributed by atoms with van der Waals surface area (Å²) >= 11 is 0. The number of nitrogens with one attached hydrogen (secondary N) is 1. The number of carbonyl (C=O) groups excluding carboxylic acids is 3.